The summed E-state index contributed by atoms with van der Waals surface area (Å²) in [6.07, 6.45) is 5.74. The fourth-order valence-electron chi connectivity index (χ4n) is 3.67. The van der Waals surface area contributed by atoms with E-state index < -0.39 is 0 Å². The monoisotopic (exact) mass is 423 g/mol. The predicted molar refractivity (Wildman–Crippen MR) is 113 cm³/mol. The number of anilines is 2. The van der Waals surface area contributed by atoms with Gasteiger partial charge in [0.2, 0.25) is 5.95 Å². The zero-order valence-electron chi connectivity index (χ0n) is 16.8. The van der Waals surface area contributed by atoms with E-state index in [2.05, 4.69) is 30.5 Å². The van der Waals surface area contributed by atoms with E-state index >= 15 is 0 Å². The van der Waals surface area contributed by atoms with Crippen molar-refractivity contribution in [3.8, 4) is 5.69 Å². The lowest BCUT2D eigenvalue weighted by Gasteiger charge is -2.16. The number of hydrogen-bond donors (Lipinski definition) is 2. The average Bonchev–Trinajstić information content (AvgIpc) is 3.54. The second-order valence-electron chi connectivity index (χ2n) is 7.39. The van der Waals surface area contributed by atoms with Gasteiger partial charge in [-0.15, -0.1) is 5.10 Å². The highest BCUT2D eigenvalue weighted by molar-refractivity contribution is 5.84. The summed E-state index contributed by atoms with van der Waals surface area (Å²) in [5.74, 6) is 0.963. The van der Waals surface area contributed by atoms with E-state index in [1.165, 1.54) is 12.1 Å². The minimum atomic E-state index is -0.298. The number of imidazole rings is 1. The summed E-state index contributed by atoms with van der Waals surface area (Å²) < 4.78 is 16.7. The standard InChI is InChI=1S/C20H22FN9O/c21-14-3-5-16(6-4-14)30-12-15(26-27-30)11-29-13-23-17-18(22-7-10-31)24-20(25-19(17)29)28-8-1-2-9-28/h3-6,12-13,31H,1-2,7-11H2,(H,22,24,25). The van der Waals surface area contributed by atoms with E-state index in [1.807, 2.05) is 4.57 Å². The first-order valence-electron chi connectivity index (χ1n) is 10.2. The molecule has 0 radical (unpaired) electrons. The van der Waals surface area contributed by atoms with Crippen LogP contribution in [0.25, 0.3) is 16.9 Å². The van der Waals surface area contributed by atoms with Crippen LogP contribution in [-0.4, -0.2) is 65.9 Å². The van der Waals surface area contributed by atoms with Crippen molar-refractivity contribution in [2.24, 2.45) is 0 Å². The van der Waals surface area contributed by atoms with Crippen LogP contribution < -0.4 is 10.2 Å². The molecule has 11 heteroatoms. The molecule has 1 aliphatic rings. The zero-order chi connectivity index (χ0) is 21.2. The molecule has 1 aliphatic heterocycles. The van der Waals surface area contributed by atoms with Crippen molar-refractivity contribution in [2.75, 3.05) is 36.5 Å². The van der Waals surface area contributed by atoms with Crippen molar-refractivity contribution in [3.05, 3.63) is 48.3 Å². The molecule has 5 rings (SSSR count). The summed E-state index contributed by atoms with van der Waals surface area (Å²) in [6, 6.07) is 6.07. The number of benzene rings is 1. The fraction of sp³-hybridized carbons (Fsp3) is 0.350. The summed E-state index contributed by atoms with van der Waals surface area (Å²) in [6.45, 7) is 2.64. The molecule has 4 aromatic rings. The van der Waals surface area contributed by atoms with Crippen LogP contribution in [0.15, 0.2) is 36.8 Å². The first-order valence-corrected chi connectivity index (χ1v) is 10.2. The Labute approximate surface area is 177 Å². The largest absolute Gasteiger partial charge is 0.395 e. The number of aliphatic hydroxyl groups is 1. The molecule has 160 valence electrons. The van der Waals surface area contributed by atoms with E-state index in [4.69, 9.17) is 4.98 Å². The van der Waals surface area contributed by atoms with Crippen LogP contribution in [0.1, 0.15) is 18.5 Å². The number of aliphatic hydroxyl groups excluding tert-OH is 1. The van der Waals surface area contributed by atoms with Crippen LogP contribution in [0.5, 0.6) is 0 Å². The SMILES string of the molecule is OCCNc1nc(N2CCCC2)nc2c1ncn2Cc1cn(-c2ccc(F)cc2)nn1. The maximum atomic E-state index is 13.2. The lowest BCUT2D eigenvalue weighted by atomic mass is 10.3. The number of hydrogen-bond acceptors (Lipinski definition) is 8. The van der Waals surface area contributed by atoms with E-state index in [0.717, 1.165) is 37.3 Å². The summed E-state index contributed by atoms with van der Waals surface area (Å²) in [5.41, 5.74) is 2.77. The molecule has 0 aliphatic carbocycles. The number of rotatable bonds is 7. The molecule has 0 amide bonds. The molecule has 0 unspecified atom stereocenters. The number of nitrogens with one attached hydrogen (secondary N) is 1. The van der Waals surface area contributed by atoms with Crippen LogP contribution in [0, 0.1) is 5.82 Å². The van der Waals surface area contributed by atoms with Crippen molar-refractivity contribution in [1.29, 1.82) is 0 Å². The second-order valence-corrected chi connectivity index (χ2v) is 7.39. The van der Waals surface area contributed by atoms with Gasteiger partial charge in [-0.25, -0.2) is 14.1 Å². The third-order valence-electron chi connectivity index (χ3n) is 5.21. The predicted octanol–water partition coefficient (Wildman–Crippen LogP) is 1.60. The molecule has 31 heavy (non-hydrogen) atoms. The molecule has 4 heterocycles. The summed E-state index contributed by atoms with van der Waals surface area (Å²) in [7, 11) is 0. The highest BCUT2D eigenvalue weighted by Crippen LogP contribution is 2.25. The number of halogens is 1. The first kappa shape index (κ1) is 19.4. The molecule has 1 fully saturated rings. The maximum Gasteiger partial charge on any atom is 0.229 e. The minimum absolute atomic E-state index is 0.00224. The molecule has 0 atom stereocenters. The molecule has 0 bridgehead atoms. The summed E-state index contributed by atoms with van der Waals surface area (Å²) in [5, 5.41) is 20.7. The minimum Gasteiger partial charge on any atom is -0.395 e. The Morgan fingerprint density at radius 3 is 2.68 bits per heavy atom. The molecule has 2 N–H and O–H groups in total. The Morgan fingerprint density at radius 1 is 1.10 bits per heavy atom. The smallest absolute Gasteiger partial charge is 0.229 e. The third kappa shape index (κ3) is 3.91. The Morgan fingerprint density at radius 2 is 1.90 bits per heavy atom. The fourth-order valence-corrected chi connectivity index (χ4v) is 3.67. The molecular formula is C20H22FN9O. The van der Waals surface area contributed by atoms with Crippen LogP contribution in [0.2, 0.25) is 0 Å². The van der Waals surface area contributed by atoms with Gasteiger partial charge in [0.25, 0.3) is 0 Å². The summed E-state index contributed by atoms with van der Waals surface area (Å²) in [4.78, 5) is 16.1. The second kappa shape index (κ2) is 8.26. The first-order chi connectivity index (χ1) is 15.2. The van der Waals surface area contributed by atoms with Gasteiger partial charge in [-0.1, -0.05) is 5.21 Å². The third-order valence-corrected chi connectivity index (χ3v) is 5.21. The van der Waals surface area contributed by atoms with E-state index in [9.17, 15) is 9.50 Å². The molecule has 1 aromatic carbocycles. The van der Waals surface area contributed by atoms with Crippen LogP contribution >= 0.6 is 0 Å². The van der Waals surface area contributed by atoms with Gasteiger partial charge in [0, 0.05) is 19.6 Å². The molecule has 10 nitrogen and oxygen atoms in total. The Bertz CT molecular complexity index is 1180. The quantitative estimate of drug-likeness (QED) is 0.461. The normalized spacial score (nSPS) is 13.9. The summed E-state index contributed by atoms with van der Waals surface area (Å²) >= 11 is 0. The van der Waals surface area contributed by atoms with E-state index in [0.29, 0.717) is 36.0 Å². The highest BCUT2D eigenvalue weighted by Gasteiger charge is 2.20. The number of aromatic nitrogens is 7. The molecule has 0 saturated carbocycles. The van der Waals surface area contributed by atoms with Crippen molar-refractivity contribution in [1.82, 2.24) is 34.5 Å². The van der Waals surface area contributed by atoms with Gasteiger partial charge in [-0.05, 0) is 37.1 Å². The molecule has 3 aromatic heterocycles. The van der Waals surface area contributed by atoms with Gasteiger partial charge in [-0.3, -0.25) is 0 Å². The average molecular weight is 423 g/mol. The Hall–Kier alpha value is -3.60. The van der Waals surface area contributed by atoms with Crippen LogP contribution in [0.3, 0.4) is 0 Å². The van der Waals surface area contributed by atoms with Gasteiger partial charge in [-0.2, -0.15) is 9.97 Å². The molecule has 1 saturated heterocycles. The van der Waals surface area contributed by atoms with Crippen molar-refractivity contribution < 1.29 is 9.50 Å². The van der Waals surface area contributed by atoms with Crippen molar-refractivity contribution >= 4 is 22.9 Å². The van der Waals surface area contributed by atoms with Gasteiger partial charge >= 0.3 is 0 Å². The topological polar surface area (TPSA) is 110 Å². The van der Waals surface area contributed by atoms with Gasteiger partial charge in [0.05, 0.1) is 31.4 Å². The van der Waals surface area contributed by atoms with Gasteiger partial charge < -0.3 is 19.9 Å². The highest BCUT2D eigenvalue weighted by atomic mass is 19.1. The molecule has 0 spiro atoms. The van der Waals surface area contributed by atoms with Crippen molar-refractivity contribution in [3.63, 3.8) is 0 Å². The zero-order valence-corrected chi connectivity index (χ0v) is 16.8. The lowest BCUT2D eigenvalue weighted by Crippen LogP contribution is -2.21. The van der Waals surface area contributed by atoms with Crippen molar-refractivity contribution in [2.45, 2.75) is 19.4 Å². The lowest BCUT2D eigenvalue weighted by molar-refractivity contribution is 0.311. The Balaban J connectivity index is 1.47. The Kier molecular flexibility index (Phi) is 5.16. The van der Waals surface area contributed by atoms with Crippen LogP contribution in [0.4, 0.5) is 16.2 Å². The van der Waals surface area contributed by atoms with Gasteiger partial charge in [0.1, 0.15) is 11.5 Å². The maximum absolute atomic E-state index is 13.2. The molecular weight excluding hydrogens is 401 g/mol. The number of nitrogens with zero attached hydrogens (tertiary/aromatic N) is 8. The van der Waals surface area contributed by atoms with E-state index in [-0.39, 0.29) is 12.4 Å². The van der Waals surface area contributed by atoms with E-state index in [1.54, 1.807) is 29.3 Å². The van der Waals surface area contributed by atoms with Gasteiger partial charge in [0.15, 0.2) is 17.0 Å². The van der Waals surface area contributed by atoms with Crippen LogP contribution in [-0.2, 0) is 6.54 Å². The number of fused-ring (bicyclic) bond motifs is 1.